The van der Waals surface area contributed by atoms with Crippen molar-refractivity contribution in [1.29, 1.82) is 0 Å². The minimum absolute atomic E-state index is 0.0273. The van der Waals surface area contributed by atoms with Crippen LogP contribution in [0.5, 0.6) is 11.5 Å². The van der Waals surface area contributed by atoms with Crippen molar-refractivity contribution >= 4 is 29.0 Å². The Labute approximate surface area is 155 Å². The molecule has 0 amide bonds. The van der Waals surface area contributed by atoms with Gasteiger partial charge in [0.1, 0.15) is 11.5 Å². The number of aromatic nitrogens is 2. The Bertz CT molecular complexity index is 840. The fourth-order valence-corrected chi connectivity index (χ4v) is 2.67. The van der Waals surface area contributed by atoms with Crippen molar-refractivity contribution < 1.29 is 19.1 Å². The van der Waals surface area contributed by atoms with Gasteiger partial charge >= 0.3 is 5.69 Å². The van der Waals surface area contributed by atoms with Gasteiger partial charge in [0.05, 0.1) is 38.0 Å². The Morgan fingerprint density at radius 3 is 2.63 bits per heavy atom. The molecule has 1 fully saturated rings. The topological polar surface area (TPSA) is 138 Å². The van der Waals surface area contributed by atoms with Gasteiger partial charge in [-0.3, -0.25) is 10.1 Å². The van der Waals surface area contributed by atoms with Crippen molar-refractivity contribution in [3.8, 4) is 11.5 Å². The summed E-state index contributed by atoms with van der Waals surface area (Å²) in [4.78, 5) is 21.2. The van der Waals surface area contributed by atoms with E-state index < -0.39 is 10.6 Å². The number of ether oxygens (including phenoxy) is 3. The Kier molecular flexibility index (Phi) is 5.41. The van der Waals surface area contributed by atoms with E-state index in [1.54, 1.807) is 18.2 Å². The summed E-state index contributed by atoms with van der Waals surface area (Å²) >= 11 is 0. The fraction of sp³-hybridized carbons (Fsp3) is 0.375. The molecule has 2 heterocycles. The van der Waals surface area contributed by atoms with Crippen LogP contribution in [0.2, 0.25) is 0 Å². The average Bonchev–Trinajstić information content (AvgIpc) is 2.67. The Hall–Kier alpha value is -3.34. The van der Waals surface area contributed by atoms with Gasteiger partial charge in [-0.2, -0.15) is 9.97 Å². The quantitative estimate of drug-likeness (QED) is 0.564. The van der Waals surface area contributed by atoms with Gasteiger partial charge in [-0.15, -0.1) is 0 Å². The van der Waals surface area contributed by atoms with Crippen LogP contribution in [0.25, 0.3) is 0 Å². The van der Waals surface area contributed by atoms with E-state index in [-0.39, 0.29) is 11.6 Å². The molecule has 2 aromatic rings. The Morgan fingerprint density at radius 1 is 1.26 bits per heavy atom. The van der Waals surface area contributed by atoms with Gasteiger partial charge in [-0.05, 0) is 12.1 Å². The molecule has 0 unspecified atom stereocenters. The summed E-state index contributed by atoms with van der Waals surface area (Å²) in [5, 5.41) is 14.4. The number of morpholine rings is 1. The number of nitrogens with one attached hydrogen (secondary N) is 1. The van der Waals surface area contributed by atoms with E-state index in [1.165, 1.54) is 14.2 Å². The molecule has 144 valence electrons. The molecule has 0 bridgehead atoms. The largest absolute Gasteiger partial charge is 0.497 e. The highest BCUT2D eigenvalue weighted by Gasteiger charge is 2.26. The second-order valence-electron chi connectivity index (χ2n) is 5.65. The molecule has 1 aromatic carbocycles. The van der Waals surface area contributed by atoms with E-state index >= 15 is 0 Å². The first-order valence-electron chi connectivity index (χ1n) is 8.17. The maximum atomic E-state index is 11.5. The second-order valence-corrected chi connectivity index (χ2v) is 5.65. The number of nitro groups is 1. The van der Waals surface area contributed by atoms with Crippen LogP contribution < -0.4 is 25.4 Å². The van der Waals surface area contributed by atoms with Crippen molar-refractivity contribution in [2.75, 3.05) is 56.5 Å². The zero-order valence-corrected chi connectivity index (χ0v) is 15.0. The molecule has 0 saturated carbocycles. The molecule has 27 heavy (non-hydrogen) atoms. The molecular weight excluding hydrogens is 356 g/mol. The van der Waals surface area contributed by atoms with Crippen LogP contribution in [0, 0.1) is 10.1 Å². The molecule has 1 aliphatic rings. The van der Waals surface area contributed by atoms with Crippen LogP contribution >= 0.6 is 0 Å². The van der Waals surface area contributed by atoms with Crippen LogP contribution in [-0.2, 0) is 4.74 Å². The van der Waals surface area contributed by atoms with Crippen molar-refractivity contribution in [2.24, 2.45) is 0 Å². The van der Waals surface area contributed by atoms with Crippen LogP contribution in [0.4, 0.5) is 29.0 Å². The Morgan fingerprint density at radius 2 is 2.00 bits per heavy atom. The number of methoxy groups -OCH3 is 2. The summed E-state index contributed by atoms with van der Waals surface area (Å²) in [5.74, 6) is 1.07. The van der Waals surface area contributed by atoms with Crippen molar-refractivity contribution in [3.63, 3.8) is 0 Å². The predicted octanol–water partition coefficient (Wildman–Crippen LogP) is 1.56. The maximum Gasteiger partial charge on any atom is 0.353 e. The predicted molar refractivity (Wildman–Crippen MR) is 99.0 cm³/mol. The lowest BCUT2D eigenvalue weighted by atomic mass is 10.2. The molecule has 11 heteroatoms. The summed E-state index contributed by atoms with van der Waals surface area (Å²) in [7, 11) is 3.02. The highest BCUT2D eigenvalue weighted by atomic mass is 16.6. The van der Waals surface area contributed by atoms with E-state index in [0.29, 0.717) is 49.4 Å². The summed E-state index contributed by atoms with van der Waals surface area (Å²) in [6.07, 6.45) is 0. The van der Waals surface area contributed by atoms with Crippen LogP contribution in [0.15, 0.2) is 18.2 Å². The highest BCUT2D eigenvalue weighted by molar-refractivity contribution is 5.77. The molecule has 0 spiro atoms. The third kappa shape index (κ3) is 3.92. The monoisotopic (exact) mass is 376 g/mol. The molecule has 11 nitrogen and oxygen atoms in total. The van der Waals surface area contributed by atoms with Gasteiger partial charge in [0.2, 0.25) is 17.6 Å². The fourth-order valence-electron chi connectivity index (χ4n) is 2.67. The summed E-state index contributed by atoms with van der Waals surface area (Å²) in [6.45, 7) is 2.18. The average molecular weight is 376 g/mol. The zero-order chi connectivity index (χ0) is 19.4. The lowest BCUT2D eigenvalue weighted by molar-refractivity contribution is -0.383. The van der Waals surface area contributed by atoms with E-state index in [4.69, 9.17) is 19.9 Å². The van der Waals surface area contributed by atoms with E-state index in [2.05, 4.69) is 15.3 Å². The maximum absolute atomic E-state index is 11.5. The number of hydrogen-bond donors (Lipinski definition) is 2. The SMILES string of the molecule is COc1ccc(OC)c(Nc2nc(N3CCOCC3)nc(N)c2[N+](=O)[O-])c1. The van der Waals surface area contributed by atoms with Gasteiger partial charge in [-0.25, -0.2) is 0 Å². The molecule has 1 aromatic heterocycles. The molecule has 0 atom stereocenters. The van der Waals surface area contributed by atoms with Gasteiger partial charge in [0, 0.05) is 19.2 Å². The molecule has 1 saturated heterocycles. The minimum Gasteiger partial charge on any atom is -0.497 e. The Balaban J connectivity index is 2.04. The minimum atomic E-state index is -0.618. The van der Waals surface area contributed by atoms with Crippen molar-refractivity contribution in [2.45, 2.75) is 0 Å². The van der Waals surface area contributed by atoms with E-state index in [1.807, 2.05) is 4.90 Å². The third-order valence-corrected chi connectivity index (χ3v) is 4.04. The molecule has 0 aliphatic carbocycles. The van der Waals surface area contributed by atoms with Crippen LogP contribution in [0.3, 0.4) is 0 Å². The number of nitrogens with two attached hydrogens (primary N) is 1. The lowest BCUT2D eigenvalue weighted by Gasteiger charge is -2.27. The summed E-state index contributed by atoms with van der Waals surface area (Å²) in [6, 6.07) is 5.04. The first kappa shape index (κ1) is 18.5. The molecule has 3 N–H and O–H groups in total. The second kappa shape index (κ2) is 7.91. The molecular formula is C16H20N6O5. The van der Waals surface area contributed by atoms with Gasteiger partial charge in [0.25, 0.3) is 0 Å². The number of nitrogen functional groups attached to an aromatic ring is 1. The molecule has 3 rings (SSSR count). The van der Waals surface area contributed by atoms with Gasteiger partial charge in [-0.1, -0.05) is 0 Å². The van der Waals surface area contributed by atoms with Crippen LogP contribution in [-0.4, -0.2) is 55.4 Å². The number of benzene rings is 1. The van der Waals surface area contributed by atoms with Crippen LogP contribution in [0.1, 0.15) is 0 Å². The first-order chi connectivity index (χ1) is 13.0. The summed E-state index contributed by atoms with van der Waals surface area (Å²) in [5.41, 5.74) is 5.91. The zero-order valence-electron chi connectivity index (χ0n) is 15.0. The normalized spacial score (nSPS) is 13.9. The number of rotatable bonds is 6. The smallest absolute Gasteiger partial charge is 0.353 e. The number of hydrogen-bond acceptors (Lipinski definition) is 10. The lowest BCUT2D eigenvalue weighted by Crippen LogP contribution is -2.37. The van der Waals surface area contributed by atoms with Gasteiger partial charge in [0.15, 0.2) is 0 Å². The number of nitrogens with zero attached hydrogens (tertiary/aromatic N) is 4. The van der Waals surface area contributed by atoms with Gasteiger partial charge < -0.3 is 30.2 Å². The number of anilines is 4. The van der Waals surface area contributed by atoms with E-state index in [9.17, 15) is 10.1 Å². The summed E-state index contributed by atoms with van der Waals surface area (Å²) < 4.78 is 15.8. The first-order valence-corrected chi connectivity index (χ1v) is 8.17. The highest BCUT2D eigenvalue weighted by Crippen LogP contribution is 2.36. The van der Waals surface area contributed by atoms with Crippen molar-refractivity contribution in [3.05, 3.63) is 28.3 Å². The van der Waals surface area contributed by atoms with E-state index in [0.717, 1.165) is 0 Å². The third-order valence-electron chi connectivity index (χ3n) is 4.04. The standard InChI is InChI=1S/C16H20N6O5/c1-25-10-3-4-12(26-2)11(9-10)18-15-13(22(23)24)14(17)19-16(20-15)21-5-7-27-8-6-21/h3-4,9H,5-8H2,1-2H3,(H3,17,18,19,20). The van der Waals surface area contributed by atoms with Crippen molar-refractivity contribution in [1.82, 2.24) is 9.97 Å². The molecule has 1 aliphatic heterocycles. The molecule has 0 radical (unpaired) electrons.